The Hall–Kier alpha value is -4.26. The van der Waals surface area contributed by atoms with Gasteiger partial charge in [-0.2, -0.15) is 0 Å². The number of rotatable bonds is 8. The third-order valence-electron chi connectivity index (χ3n) is 6.08. The first-order valence-electron chi connectivity index (χ1n) is 11.3. The molecular formula is C28H29N3O4. The molecule has 7 nitrogen and oxygen atoms in total. The number of aromatic amines is 1. The van der Waals surface area contributed by atoms with Crippen LogP contribution in [0.25, 0.3) is 10.9 Å². The Morgan fingerprint density at radius 2 is 1.51 bits per heavy atom. The molecule has 35 heavy (non-hydrogen) atoms. The van der Waals surface area contributed by atoms with Crippen LogP contribution in [0.1, 0.15) is 40.1 Å². The fraction of sp³-hybridized carbons (Fsp3) is 0.214. The third-order valence-corrected chi connectivity index (χ3v) is 6.08. The lowest BCUT2D eigenvalue weighted by atomic mass is 9.84. The van der Waals surface area contributed by atoms with Gasteiger partial charge in [0, 0.05) is 40.5 Å². The van der Waals surface area contributed by atoms with Crippen LogP contribution < -0.4 is 20.1 Å². The molecule has 180 valence electrons. The number of hydrogen-bond acceptors (Lipinski definition) is 4. The zero-order valence-corrected chi connectivity index (χ0v) is 20.3. The molecular weight excluding hydrogens is 442 g/mol. The van der Waals surface area contributed by atoms with Crippen LogP contribution in [-0.2, 0) is 5.41 Å². The van der Waals surface area contributed by atoms with Crippen LogP contribution in [0.15, 0.2) is 72.9 Å². The highest BCUT2D eigenvalue weighted by atomic mass is 16.5. The van der Waals surface area contributed by atoms with Crippen molar-refractivity contribution in [2.45, 2.75) is 19.3 Å². The fourth-order valence-electron chi connectivity index (χ4n) is 3.88. The Morgan fingerprint density at radius 3 is 2.23 bits per heavy atom. The van der Waals surface area contributed by atoms with Crippen LogP contribution >= 0.6 is 0 Å². The van der Waals surface area contributed by atoms with E-state index in [1.54, 1.807) is 25.3 Å². The van der Waals surface area contributed by atoms with Crippen molar-refractivity contribution in [2.24, 2.45) is 0 Å². The molecule has 4 rings (SSSR count). The number of H-pyrrole nitrogens is 1. The SMILES string of the molecule is COc1ccc(C(=O)Nc2ccc(C(C)(C)CNC(=O)c3ccc4cc[nH]c4c3)cc2)cc1OC. The normalized spacial score (nSPS) is 11.2. The van der Waals surface area contributed by atoms with Crippen molar-refractivity contribution in [1.82, 2.24) is 10.3 Å². The van der Waals surface area contributed by atoms with E-state index in [0.29, 0.717) is 34.9 Å². The lowest BCUT2D eigenvalue weighted by Gasteiger charge is -2.26. The minimum absolute atomic E-state index is 0.117. The average Bonchev–Trinajstić information content (AvgIpc) is 3.35. The van der Waals surface area contributed by atoms with Crippen LogP contribution in [0, 0.1) is 0 Å². The van der Waals surface area contributed by atoms with Gasteiger partial charge >= 0.3 is 0 Å². The van der Waals surface area contributed by atoms with Crippen molar-refractivity contribution in [3.63, 3.8) is 0 Å². The molecule has 0 aliphatic rings. The summed E-state index contributed by atoms with van der Waals surface area (Å²) in [4.78, 5) is 28.5. The van der Waals surface area contributed by atoms with Gasteiger partial charge < -0.3 is 25.1 Å². The second-order valence-electron chi connectivity index (χ2n) is 8.95. The lowest BCUT2D eigenvalue weighted by Crippen LogP contribution is -2.36. The largest absolute Gasteiger partial charge is 0.493 e. The summed E-state index contributed by atoms with van der Waals surface area (Å²) in [7, 11) is 3.08. The fourth-order valence-corrected chi connectivity index (χ4v) is 3.88. The standard InChI is InChI=1S/C28H29N3O4/c1-28(2,17-30-26(32)19-6-5-18-13-14-29-23(18)15-19)21-8-10-22(11-9-21)31-27(33)20-7-12-24(34-3)25(16-20)35-4/h5-16,29H,17H2,1-4H3,(H,30,32)(H,31,33). The van der Waals surface area contributed by atoms with Crippen LogP contribution in [0.3, 0.4) is 0 Å². The average molecular weight is 472 g/mol. The maximum atomic E-state index is 12.7. The Kier molecular flexibility index (Phi) is 6.78. The molecule has 0 atom stereocenters. The molecule has 3 aromatic carbocycles. The number of fused-ring (bicyclic) bond motifs is 1. The Labute approximate surface area is 204 Å². The van der Waals surface area contributed by atoms with Crippen molar-refractivity contribution in [3.8, 4) is 11.5 Å². The van der Waals surface area contributed by atoms with Crippen molar-refractivity contribution < 1.29 is 19.1 Å². The highest BCUT2D eigenvalue weighted by molar-refractivity contribution is 6.04. The van der Waals surface area contributed by atoms with Gasteiger partial charge in [0.2, 0.25) is 0 Å². The Balaban J connectivity index is 1.38. The van der Waals surface area contributed by atoms with Gasteiger partial charge in [0.05, 0.1) is 14.2 Å². The number of nitrogens with one attached hydrogen (secondary N) is 3. The summed E-state index contributed by atoms with van der Waals surface area (Å²) in [6, 6.07) is 20.2. The van der Waals surface area contributed by atoms with Crippen LogP contribution in [-0.4, -0.2) is 37.6 Å². The molecule has 0 saturated heterocycles. The van der Waals surface area contributed by atoms with E-state index in [4.69, 9.17) is 9.47 Å². The van der Waals surface area contributed by atoms with Gasteiger partial charge in [-0.1, -0.05) is 32.0 Å². The second-order valence-corrected chi connectivity index (χ2v) is 8.95. The number of ether oxygens (including phenoxy) is 2. The first kappa shape index (κ1) is 23.9. The molecule has 4 aromatic rings. The summed E-state index contributed by atoms with van der Waals surface area (Å²) in [5, 5.41) is 7.01. The van der Waals surface area contributed by atoms with Crippen LogP contribution in [0.5, 0.6) is 11.5 Å². The molecule has 0 saturated carbocycles. The van der Waals surface area contributed by atoms with Gasteiger partial charge in [-0.3, -0.25) is 9.59 Å². The molecule has 0 bridgehead atoms. The van der Waals surface area contributed by atoms with E-state index in [1.165, 1.54) is 7.11 Å². The summed E-state index contributed by atoms with van der Waals surface area (Å²) < 4.78 is 10.5. The minimum Gasteiger partial charge on any atom is -0.493 e. The predicted octanol–water partition coefficient (Wildman–Crippen LogP) is 5.15. The van der Waals surface area contributed by atoms with E-state index in [-0.39, 0.29) is 17.2 Å². The van der Waals surface area contributed by atoms with Gasteiger partial charge in [0.15, 0.2) is 11.5 Å². The number of methoxy groups -OCH3 is 2. The Bertz CT molecular complexity index is 1360. The van der Waals surface area contributed by atoms with E-state index < -0.39 is 0 Å². The molecule has 1 aromatic heterocycles. The lowest BCUT2D eigenvalue weighted by molar-refractivity contribution is 0.0945. The van der Waals surface area contributed by atoms with E-state index in [9.17, 15) is 9.59 Å². The van der Waals surface area contributed by atoms with Gasteiger partial charge in [-0.25, -0.2) is 0 Å². The van der Waals surface area contributed by atoms with E-state index >= 15 is 0 Å². The molecule has 0 radical (unpaired) electrons. The van der Waals surface area contributed by atoms with Gasteiger partial charge in [-0.05, 0) is 59.5 Å². The number of hydrogen-bond donors (Lipinski definition) is 3. The molecule has 1 heterocycles. The summed E-state index contributed by atoms with van der Waals surface area (Å²) in [5.74, 6) is 0.692. The van der Waals surface area contributed by atoms with Crippen molar-refractivity contribution in [1.29, 1.82) is 0 Å². The Morgan fingerprint density at radius 1 is 0.829 bits per heavy atom. The van der Waals surface area contributed by atoms with E-state index in [1.807, 2.05) is 54.7 Å². The van der Waals surface area contributed by atoms with Crippen LogP contribution in [0.4, 0.5) is 5.69 Å². The zero-order valence-electron chi connectivity index (χ0n) is 20.3. The van der Waals surface area contributed by atoms with E-state index in [0.717, 1.165) is 16.5 Å². The number of anilines is 1. The molecule has 7 heteroatoms. The van der Waals surface area contributed by atoms with E-state index in [2.05, 4.69) is 29.5 Å². The molecule has 0 aliphatic carbocycles. The molecule has 2 amide bonds. The summed E-state index contributed by atoms with van der Waals surface area (Å²) in [5.41, 5.74) is 3.42. The number of carbonyl (C=O) groups is 2. The van der Waals surface area contributed by atoms with Crippen molar-refractivity contribution in [2.75, 3.05) is 26.1 Å². The van der Waals surface area contributed by atoms with Gasteiger partial charge in [0.25, 0.3) is 11.8 Å². The van der Waals surface area contributed by atoms with Gasteiger partial charge in [0.1, 0.15) is 0 Å². The molecule has 0 spiro atoms. The summed E-state index contributed by atoms with van der Waals surface area (Å²) in [6.07, 6.45) is 1.86. The smallest absolute Gasteiger partial charge is 0.255 e. The zero-order chi connectivity index (χ0) is 25.0. The summed E-state index contributed by atoms with van der Waals surface area (Å²) in [6.45, 7) is 4.60. The summed E-state index contributed by atoms with van der Waals surface area (Å²) >= 11 is 0. The topological polar surface area (TPSA) is 92.5 Å². The third kappa shape index (κ3) is 5.30. The predicted molar refractivity (Wildman–Crippen MR) is 138 cm³/mol. The maximum Gasteiger partial charge on any atom is 0.255 e. The highest BCUT2D eigenvalue weighted by Gasteiger charge is 2.22. The highest BCUT2D eigenvalue weighted by Crippen LogP contribution is 2.28. The quantitative estimate of drug-likeness (QED) is 0.332. The number of benzene rings is 3. The second kappa shape index (κ2) is 9.93. The van der Waals surface area contributed by atoms with Crippen LogP contribution in [0.2, 0.25) is 0 Å². The minimum atomic E-state index is -0.307. The maximum absolute atomic E-state index is 12.7. The van der Waals surface area contributed by atoms with Crippen molar-refractivity contribution in [3.05, 3.63) is 89.6 Å². The monoisotopic (exact) mass is 471 g/mol. The first-order valence-corrected chi connectivity index (χ1v) is 11.3. The van der Waals surface area contributed by atoms with Gasteiger partial charge in [-0.15, -0.1) is 0 Å². The number of aromatic nitrogens is 1. The molecule has 0 aliphatic heterocycles. The first-order chi connectivity index (χ1) is 16.8. The molecule has 3 N–H and O–H groups in total. The molecule has 0 fully saturated rings. The number of carbonyl (C=O) groups excluding carboxylic acids is 2. The number of amides is 2. The van der Waals surface area contributed by atoms with Crippen molar-refractivity contribution >= 4 is 28.4 Å². The molecule has 0 unspecified atom stereocenters.